The first kappa shape index (κ1) is 22.6. The molecule has 6 rings (SSSR count). The van der Waals surface area contributed by atoms with E-state index in [4.69, 9.17) is 10.1 Å². The van der Waals surface area contributed by atoms with E-state index in [2.05, 4.69) is 35.0 Å². The van der Waals surface area contributed by atoms with Crippen molar-refractivity contribution in [2.75, 3.05) is 36.9 Å². The number of nitrogens with one attached hydrogen (secondary N) is 3. The monoisotopic (exact) mass is 450 g/mol. The van der Waals surface area contributed by atoms with Gasteiger partial charge in [-0.05, 0) is 105 Å². The van der Waals surface area contributed by atoms with Crippen molar-refractivity contribution < 1.29 is 9.90 Å². The number of aromatic nitrogens is 1. The number of pyridine rings is 1. The lowest BCUT2D eigenvalue weighted by molar-refractivity contribution is -0.124. The highest BCUT2D eigenvalue weighted by Gasteiger charge is 2.51. The lowest BCUT2D eigenvalue weighted by atomic mass is 9.49. The van der Waals surface area contributed by atoms with Crippen molar-refractivity contribution in [2.24, 2.45) is 23.2 Å². The maximum absolute atomic E-state index is 13.2. The highest BCUT2D eigenvalue weighted by atomic mass is 16.3. The van der Waals surface area contributed by atoms with Crippen LogP contribution in [0, 0.1) is 30.1 Å². The Morgan fingerprint density at radius 2 is 1.76 bits per heavy atom. The third-order valence-corrected chi connectivity index (χ3v) is 8.17. The number of nitrogens with zero attached hydrogens (tertiary/aromatic N) is 1. The molecule has 0 atom stereocenters. The Hall–Kier alpha value is -2.18. The van der Waals surface area contributed by atoms with Gasteiger partial charge >= 0.3 is 0 Å². The van der Waals surface area contributed by atoms with Crippen LogP contribution in [-0.2, 0) is 4.79 Å². The molecule has 0 radical (unpaired) electrons. The first-order valence-corrected chi connectivity index (χ1v) is 12.8. The molecular weight excluding hydrogens is 412 g/mol. The molecule has 4 aliphatic rings. The molecule has 178 valence electrons. The molecule has 4 aliphatic carbocycles. The van der Waals surface area contributed by atoms with Gasteiger partial charge in [0, 0.05) is 24.9 Å². The Morgan fingerprint density at radius 1 is 1.03 bits per heavy atom. The van der Waals surface area contributed by atoms with Gasteiger partial charge in [0.05, 0.1) is 17.8 Å². The number of aliphatic hydroxyl groups excluding tert-OH is 1. The van der Waals surface area contributed by atoms with Crippen molar-refractivity contribution in [1.82, 2.24) is 10.3 Å². The van der Waals surface area contributed by atoms with Crippen LogP contribution in [0.4, 0.5) is 11.5 Å². The Morgan fingerprint density at radius 3 is 2.45 bits per heavy atom. The van der Waals surface area contributed by atoms with E-state index in [-0.39, 0.29) is 17.9 Å². The van der Waals surface area contributed by atoms with Crippen LogP contribution in [0.1, 0.15) is 56.9 Å². The Labute approximate surface area is 196 Å². The number of rotatable bonds is 10. The van der Waals surface area contributed by atoms with Crippen molar-refractivity contribution in [1.29, 1.82) is 0 Å². The fourth-order valence-electron chi connectivity index (χ4n) is 7.24. The minimum Gasteiger partial charge on any atom is -0.395 e. The summed E-state index contributed by atoms with van der Waals surface area (Å²) in [4.78, 5) is 18.0. The van der Waals surface area contributed by atoms with Gasteiger partial charge in [0.25, 0.3) is 0 Å². The fraction of sp³-hybridized carbons (Fsp3) is 0.630. The summed E-state index contributed by atoms with van der Waals surface area (Å²) in [5.74, 6) is 3.61. The van der Waals surface area contributed by atoms with Crippen molar-refractivity contribution in [3.05, 3.63) is 29.8 Å². The maximum atomic E-state index is 13.2. The first-order chi connectivity index (χ1) is 16.0. The Bertz CT molecular complexity index is 970. The van der Waals surface area contributed by atoms with E-state index in [0.717, 1.165) is 65.2 Å². The van der Waals surface area contributed by atoms with Crippen LogP contribution in [0.5, 0.6) is 0 Å². The summed E-state index contributed by atoms with van der Waals surface area (Å²) in [5.41, 5.74) is 3.14. The predicted octanol–water partition coefficient (Wildman–Crippen LogP) is 4.47. The van der Waals surface area contributed by atoms with Crippen LogP contribution < -0.4 is 16.0 Å². The molecule has 4 saturated carbocycles. The third-order valence-electron chi connectivity index (χ3n) is 8.17. The average Bonchev–Trinajstić information content (AvgIpc) is 2.77. The van der Waals surface area contributed by atoms with Crippen LogP contribution in [0.25, 0.3) is 10.9 Å². The largest absolute Gasteiger partial charge is 0.395 e. The molecule has 0 spiro atoms. The highest BCUT2D eigenvalue weighted by molar-refractivity contribution is 6.02. The highest BCUT2D eigenvalue weighted by Crippen LogP contribution is 2.61. The van der Waals surface area contributed by atoms with Crippen LogP contribution in [0.3, 0.4) is 0 Å². The van der Waals surface area contributed by atoms with E-state index in [1.807, 2.05) is 12.1 Å². The topological polar surface area (TPSA) is 86.3 Å². The third kappa shape index (κ3) is 5.02. The van der Waals surface area contributed by atoms with E-state index in [9.17, 15) is 4.79 Å². The molecular formula is C27H38N4O2. The summed E-state index contributed by atoms with van der Waals surface area (Å²) in [6.07, 6.45) is 9.62. The van der Waals surface area contributed by atoms with Crippen LogP contribution in [-0.4, -0.2) is 42.2 Å². The quantitative estimate of drug-likeness (QED) is 0.401. The molecule has 4 fully saturated rings. The van der Waals surface area contributed by atoms with Crippen molar-refractivity contribution in [3.8, 4) is 0 Å². The average molecular weight is 451 g/mol. The second-order valence-corrected chi connectivity index (χ2v) is 10.9. The number of hydrogen-bond acceptors (Lipinski definition) is 5. The first-order valence-electron chi connectivity index (χ1n) is 12.8. The predicted molar refractivity (Wildman–Crippen MR) is 133 cm³/mol. The van der Waals surface area contributed by atoms with E-state index in [0.29, 0.717) is 13.0 Å². The van der Waals surface area contributed by atoms with Gasteiger partial charge in [-0.25, -0.2) is 4.98 Å². The Balaban J connectivity index is 1.24. The molecule has 33 heavy (non-hydrogen) atoms. The van der Waals surface area contributed by atoms with E-state index < -0.39 is 0 Å². The number of benzene rings is 1. The van der Waals surface area contributed by atoms with Crippen molar-refractivity contribution in [3.63, 3.8) is 0 Å². The molecule has 0 unspecified atom stereocenters. The van der Waals surface area contributed by atoms with Gasteiger partial charge < -0.3 is 21.1 Å². The molecule has 1 aromatic carbocycles. The molecule has 1 amide bonds. The molecule has 4 N–H and O–H groups in total. The number of aliphatic hydroxyl groups is 1. The number of hydrogen-bond donors (Lipinski definition) is 4. The molecule has 0 aliphatic heterocycles. The molecule has 6 nitrogen and oxygen atoms in total. The smallest absolute Gasteiger partial charge is 0.224 e. The van der Waals surface area contributed by atoms with E-state index >= 15 is 0 Å². The van der Waals surface area contributed by atoms with E-state index in [1.165, 1.54) is 38.5 Å². The van der Waals surface area contributed by atoms with Gasteiger partial charge in [-0.3, -0.25) is 4.79 Å². The summed E-state index contributed by atoms with van der Waals surface area (Å²) in [7, 11) is 0. The molecule has 4 bridgehead atoms. The van der Waals surface area contributed by atoms with Gasteiger partial charge in [-0.15, -0.1) is 0 Å². The summed E-state index contributed by atoms with van der Waals surface area (Å²) in [5, 5.41) is 19.7. The van der Waals surface area contributed by atoms with Crippen molar-refractivity contribution in [2.45, 2.75) is 58.3 Å². The zero-order valence-corrected chi connectivity index (χ0v) is 19.8. The normalized spacial score (nSPS) is 27.8. The number of aryl methyl sites for hydroxylation is 1. The number of anilines is 2. The van der Waals surface area contributed by atoms with E-state index in [1.54, 1.807) is 0 Å². The van der Waals surface area contributed by atoms with Gasteiger partial charge in [0.2, 0.25) is 5.91 Å². The Kier molecular flexibility index (Phi) is 6.57. The fourth-order valence-corrected chi connectivity index (χ4v) is 7.24. The second-order valence-electron chi connectivity index (χ2n) is 10.9. The molecule has 1 heterocycles. The summed E-state index contributed by atoms with van der Waals surface area (Å²) >= 11 is 0. The number of carbonyl (C=O) groups is 1. The van der Waals surface area contributed by atoms with Gasteiger partial charge in [0.15, 0.2) is 0 Å². The van der Waals surface area contributed by atoms with Crippen LogP contribution >= 0.6 is 0 Å². The number of carbonyl (C=O) groups excluding carboxylic acids is 1. The lowest BCUT2D eigenvalue weighted by Gasteiger charge is -2.56. The molecule has 6 heteroatoms. The summed E-state index contributed by atoms with van der Waals surface area (Å²) in [6.45, 7) is 4.54. The summed E-state index contributed by atoms with van der Waals surface area (Å²) in [6, 6.07) is 8.16. The van der Waals surface area contributed by atoms with Crippen LogP contribution in [0.15, 0.2) is 24.3 Å². The van der Waals surface area contributed by atoms with Crippen LogP contribution in [0.2, 0.25) is 0 Å². The standard InChI is InChI=1S/C27H38N4O2/c1-18-3-5-23-22(4-6-24(30-23)29-8-2-7-28-9-10-32)26(18)31-25(33)17-27-14-19-11-20(15-27)13-21(12-19)16-27/h3-6,19-21,28,32H,2,7-17H2,1H3,(H,29,30)(H,31,33). The SMILES string of the molecule is Cc1ccc2nc(NCCCNCCO)ccc2c1NC(=O)CC12CC3CC(CC(C3)C1)C2. The zero-order valence-electron chi connectivity index (χ0n) is 19.8. The number of fused-ring (bicyclic) bond motifs is 1. The minimum absolute atomic E-state index is 0.167. The van der Waals surface area contributed by atoms with Crippen molar-refractivity contribution >= 4 is 28.3 Å². The van der Waals surface area contributed by atoms with Gasteiger partial charge in [-0.1, -0.05) is 6.07 Å². The molecule has 0 saturated heterocycles. The lowest BCUT2D eigenvalue weighted by Crippen LogP contribution is -2.47. The molecule has 1 aromatic heterocycles. The zero-order chi connectivity index (χ0) is 22.8. The van der Waals surface area contributed by atoms with Gasteiger partial charge in [-0.2, -0.15) is 0 Å². The number of amides is 1. The maximum Gasteiger partial charge on any atom is 0.224 e. The molecule has 2 aromatic rings. The minimum atomic E-state index is 0.167. The summed E-state index contributed by atoms with van der Waals surface area (Å²) < 4.78 is 0. The van der Waals surface area contributed by atoms with Gasteiger partial charge in [0.1, 0.15) is 5.82 Å². The second kappa shape index (κ2) is 9.59.